The summed E-state index contributed by atoms with van der Waals surface area (Å²) in [5.41, 5.74) is 1.06. The van der Waals surface area contributed by atoms with Crippen LogP contribution in [0.4, 0.5) is 0 Å². The lowest BCUT2D eigenvalue weighted by Crippen LogP contribution is -2.40. The molecule has 0 spiro atoms. The van der Waals surface area contributed by atoms with Gasteiger partial charge in [-0.15, -0.1) is 11.3 Å². The molecule has 3 heterocycles. The van der Waals surface area contributed by atoms with Gasteiger partial charge in [-0.05, 0) is 31.0 Å². The lowest BCUT2D eigenvalue weighted by molar-refractivity contribution is -0.129. The summed E-state index contributed by atoms with van der Waals surface area (Å²) in [5, 5.41) is 1.80. The Kier molecular flexibility index (Phi) is 4.94. The van der Waals surface area contributed by atoms with Gasteiger partial charge >= 0.3 is 0 Å². The lowest BCUT2D eigenvalue weighted by atomic mass is 9.99. The number of benzene rings is 1. The minimum Gasteiger partial charge on any atom is -0.341 e. The van der Waals surface area contributed by atoms with Gasteiger partial charge in [0.15, 0.2) is 5.16 Å². The van der Waals surface area contributed by atoms with Gasteiger partial charge in [-0.1, -0.05) is 23.9 Å². The molecule has 0 bridgehead atoms. The Labute approximate surface area is 154 Å². The van der Waals surface area contributed by atoms with Gasteiger partial charge in [0.1, 0.15) is 0 Å². The molecule has 0 aliphatic carbocycles. The van der Waals surface area contributed by atoms with Crippen molar-refractivity contribution < 1.29 is 4.79 Å². The highest BCUT2D eigenvalue weighted by atomic mass is 32.2. The molecular formula is C18H18N4OS2. The largest absolute Gasteiger partial charge is 0.341 e. The van der Waals surface area contributed by atoms with Gasteiger partial charge in [0, 0.05) is 31.4 Å². The van der Waals surface area contributed by atoms with Gasteiger partial charge in [0.25, 0.3) is 0 Å². The van der Waals surface area contributed by atoms with Crippen LogP contribution in [0, 0.1) is 0 Å². The number of para-hydroxylation sites is 1. The third-order valence-corrected chi connectivity index (χ3v) is 6.36. The van der Waals surface area contributed by atoms with Crippen LogP contribution >= 0.6 is 23.1 Å². The average molecular weight is 371 g/mol. The van der Waals surface area contributed by atoms with Crippen LogP contribution in [0.2, 0.25) is 0 Å². The summed E-state index contributed by atoms with van der Waals surface area (Å²) in [4.78, 5) is 27.6. The summed E-state index contributed by atoms with van der Waals surface area (Å²) in [6, 6.07) is 10.0. The Morgan fingerprint density at radius 3 is 2.92 bits per heavy atom. The predicted molar refractivity (Wildman–Crippen MR) is 101 cm³/mol. The number of fused-ring (bicyclic) bond motifs is 1. The summed E-state index contributed by atoms with van der Waals surface area (Å²) in [7, 11) is 0. The molecule has 128 valence electrons. The Morgan fingerprint density at radius 2 is 2.08 bits per heavy atom. The molecule has 0 unspecified atom stereocenters. The van der Waals surface area contributed by atoms with Crippen molar-refractivity contribution in [3.8, 4) is 0 Å². The Hall–Kier alpha value is -1.99. The first-order valence-electron chi connectivity index (χ1n) is 8.32. The van der Waals surface area contributed by atoms with Crippen molar-refractivity contribution in [3.63, 3.8) is 0 Å². The van der Waals surface area contributed by atoms with E-state index in [1.807, 2.05) is 17.0 Å². The quantitative estimate of drug-likeness (QED) is 0.519. The van der Waals surface area contributed by atoms with E-state index in [1.165, 1.54) is 16.5 Å². The lowest BCUT2D eigenvalue weighted by Gasteiger charge is -2.31. The number of hydrogen-bond acceptors (Lipinski definition) is 6. The van der Waals surface area contributed by atoms with Gasteiger partial charge in [0.05, 0.1) is 21.0 Å². The normalized spacial score (nSPS) is 17.8. The van der Waals surface area contributed by atoms with E-state index in [1.54, 1.807) is 29.8 Å². The number of amides is 1. The zero-order chi connectivity index (χ0) is 17.1. The SMILES string of the molecule is O=C(CSc1ncccn1)N1CCC[C@@H](c2nc3ccccc3s2)C1. The van der Waals surface area contributed by atoms with Crippen molar-refractivity contribution in [1.29, 1.82) is 0 Å². The van der Waals surface area contributed by atoms with E-state index in [9.17, 15) is 4.79 Å². The second-order valence-electron chi connectivity index (χ2n) is 6.02. The predicted octanol–water partition coefficient (Wildman–Crippen LogP) is 3.58. The molecule has 7 heteroatoms. The number of likely N-dealkylation sites (tertiary alicyclic amines) is 1. The molecular weight excluding hydrogens is 352 g/mol. The summed E-state index contributed by atoms with van der Waals surface area (Å²) < 4.78 is 1.22. The molecule has 0 saturated carbocycles. The van der Waals surface area contributed by atoms with Crippen molar-refractivity contribution in [3.05, 3.63) is 47.7 Å². The highest BCUT2D eigenvalue weighted by Gasteiger charge is 2.27. The molecule has 3 aromatic rings. The van der Waals surface area contributed by atoms with E-state index in [2.05, 4.69) is 22.1 Å². The second-order valence-corrected chi connectivity index (χ2v) is 8.02. The fourth-order valence-electron chi connectivity index (χ4n) is 3.05. The standard InChI is InChI=1S/C18H18N4OS2/c23-16(12-24-18-19-8-4-9-20-18)22-10-3-5-13(11-22)17-21-14-6-1-2-7-15(14)25-17/h1-2,4,6-9,13H,3,5,10-12H2/t13-/m1/s1. The van der Waals surface area contributed by atoms with Crippen LogP contribution in [-0.4, -0.2) is 44.6 Å². The molecule has 1 aliphatic heterocycles. The maximum Gasteiger partial charge on any atom is 0.233 e. The summed E-state index contributed by atoms with van der Waals surface area (Å²) in [6.07, 6.45) is 5.52. The number of carbonyl (C=O) groups is 1. The second kappa shape index (κ2) is 7.49. The van der Waals surface area contributed by atoms with E-state index in [0.717, 1.165) is 36.5 Å². The minimum absolute atomic E-state index is 0.156. The van der Waals surface area contributed by atoms with Gasteiger partial charge in [-0.25, -0.2) is 15.0 Å². The zero-order valence-electron chi connectivity index (χ0n) is 13.7. The van der Waals surface area contributed by atoms with Gasteiger partial charge in [-0.3, -0.25) is 4.79 Å². The fourth-order valence-corrected chi connectivity index (χ4v) is 4.85. The van der Waals surface area contributed by atoms with Gasteiger partial charge in [0.2, 0.25) is 5.91 Å². The minimum atomic E-state index is 0.156. The third kappa shape index (κ3) is 3.82. The molecule has 1 aromatic carbocycles. The van der Waals surface area contributed by atoms with Crippen LogP contribution in [0.25, 0.3) is 10.2 Å². The maximum absolute atomic E-state index is 12.6. The number of thiazole rings is 1. The van der Waals surface area contributed by atoms with Crippen LogP contribution in [0.15, 0.2) is 47.9 Å². The Morgan fingerprint density at radius 1 is 1.24 bits per heavy atom. The van der Waals surface area contributed by atoms with Gasteiger partial charge in [-0.2, -0.15) is 0 Å². The molecule has 2 aromatic heterocycles. The Balaban J connectivity index is 1.41. The van der Waals surface area contributed by atoms with Crippen LogP contribution in [-0.2, 0) is 4.79 Å². The average Bonchev–Trinajstić information content (AvgIpc) is 3.11. The van der Waals surface area contributed by atoms with Crippen molar-refractivity contribution in [2.24, 2.45) is 0 Å². The summed E-state index contributed by atoms with van der Waals surface area (Å²) in [6.45, 7) is 1.59. The summed E-state index contributed by atoms with van der Waals surface area (Å²) in [5.74, 6) is 0.882. The van der Waals surface area contributed by atoms with Crippen molar-refractivity contribution >= 4 is 39.2 Å². The fraction of sp³-hybridized carbons (Fsp3) is 0.333. The first-order valence-corrected chi connectivity index (χ1v) is 10.1. The van der Waals surface area contributed by atoms with Crippen LogP contribution < -0.4 is 0 Å². The van der Waals surface area contributed by atoms with Gasteiger partial charge < -0.3 is 4.90 Å². The number of hydrogen-bond donors (Lipinski definition) is 0. The van der Waals surface area contributed by atoms with Crippen LogP contribution in [0.3, 0.4) is 0 Å². The number of nitrogens with zero attached hydrogens (tertiary/aromatic N) is 4. The maximum atomic E-state index is 12.6. The van der Waals surface area contributed by atoms with E-state index in [0.29, 0.717) is 16.8 Å². The monoisotopic (exact) mass is 370 g/mol. The zero-order valence-corrected chi connectivity index (χ0v) is 15.3. The number of thioether (sulfide) groups is 1. The molecule has 1 atom stereocenters. The molecule has 25 heavy (non-hydrogen) atoms. The van der Waals surface area contributed by atoms with Crippen LogP contribution in [0.5, 0.6) is 0 Å². The molecule has 1 amide bonds. The number of rotatable bonds is 4. The molecule has 0 radical (unpaired) electrons. The smallest absolute Gasteiger partial charge is 0.233 e. The van der Waals surface area contributed by atoms with Crippen molar-refractivity contribution in [1.82, 2.24) is 19.9 Å². The van der Waals surface area contributed by atoms with Crippen molar-refractivity contribution in [2.45, 2.75) is 23.9 Å². The first-order chi connectivity index (χ1) is 12.3. The van der Waals surface area contributed by atoms with Crippen LogP contribution in [0.1, 0.15) is 23.8 Å². The molecule has 4 rings (SSSR count). The highest BCUT2D eigenvalue weighted by Crippen LogP contribution is 2.33. The molecule has 1 aliphatic rings. The topological polar surface area (TPSA) is 59.0 Å². The van der Waals surface area contributed by atoms with E-state index in [4.69, 9.17) is 4.98 Å². The first kappa shape index (κ1) is 16.5. The molecule has 5 nitrogen and oxygen atoms in total. The third-order valence-electron chi connectivity index (χ3n) is 4.30. The molecule has 0 N–H and O–H groups in total. The van der Waals surface area contributed by atoms with E-state index < -0.39 is 0 Å². The number of piperidine rings is 1. The van der Waals surface area contributed by atoms with E-state index >= 15 is 0 Å². The highest BCUT2D eigenvalue weighted by molar-refractivity contribution is 7.99. The number of aromatic nitrogens is 3. The Bertz CT molecular complexity index is 835. The molecule has 1 saturated heterocycles. The van der Waals surface area contributed by atoms with Crippen molar-refractivity contribution in [2.75, 3.05) is 18.8 Å². The summed E-state index contributed by atoms with van der Waals surface area (Å²) >= 11 is 3.15. The molecule has 1 fully saturated rings. The number of carbonyl (C=O) groups excluding carboxylic acids is 1. The van der Waals surface area contributed by atoms with E-state index in [-0.39, 0.29) is 5.91 Å².